The summed E-state index contributed by atoms with van der Waals surface area (Å²) in [7, 11) is 0. The van der Waals surface area contributed by atoms with Crippen molar-refractivity contribution in [2.75, 3.05) is 5.32 Å². The topological polar surface area (TPSA) is 70.6 Å². The fraction of sp³-hybridized carbons (Fsp3) is 0.320. The molecule has 0 aliphatic heterocycles. The van der Waals surface area contributed by atoms with Gasteiger partial charge in [-0.1, -0.05) is 69.0 Å². The lowest BCUT2D eigenvalue weighted by molar-refractivity contribution is -0.116. The Morgan fingerprint density at radius 2 is 1.63 bits per heavy atom. The van der Waals surface area contributed by atoms with Gasteiger partial charge >= 0.3 is 0 Å². The zero-order chi connectivity index (χ0) is 21.6. The number of anilines is 1. The maximum absolute atomic E-state index is 12.3. The highest BCUT2D eigenvalue weighted by Crippen LogP contribution is 2.12. The maximum Gasteiger partial charge on any atom is 0.271 e. The molecule has 5 heteroatoms. The minimum atomic E-state index is -0.295. The molecule has 0 radical (unpaired) electrons. The number of amides is 2. The molecule has 30 heavy (non-hydrogen) atoms. The molecule has 0 heterocycles. The molecular formula is C25H31N3O2. The van der Waals surface area contributed by atoms with Crippen LogP contribution in [0.4, 0.5) is 5.69 Å². The number of carbonyl (C=O) groups is 2. The molecule has 0 aliphatic rings. The van der Waals surface area contributed by atoms with E-state index in [9.17, 15) is 9.59 Å². The molecule has 2 aromatic rings. The summed E-state index contributed by atoms with van der Waals surface area (Å²) < 4.78 is 0. The van der Waals surface area contributed by atoms with E-state index in [1.165, 1.54) is 19.3 Å². The van der Waals surface area contributed by atoms with Gasteiger partial charge in [-0.05, 0) is 49.2 Å². The second kappa shape index (κ2) is 13.1. The predicted molar refractivity (Wildman–Crippen MR) is 124 cm³/mol. The summed E-state index contributed by atoms with van der Waals surface area (Å²) in [5.41, 5.74) is 5.48. The van der Waals surface area contributed by atoms with Crippen LogP contribution < -0.4 is 10.7 Å². The third kappa shape index (κ3) is 8.86. The average molecular weight is 406 g/mol. The number of hydrogen-bond acceptors (Lipinski definition) is 3. The van der Waals surface area contributed by atoms with Gasteiger partial charge in [-0.25, -0.2) is 5.43 Å². The average Bonchev–Trinajstić information content (AvgIpc) is 2.77. The van der Waals surface area contributed by atoms with Gasteiger partial charge in [0.1, 0.15) is 0 Å². The molecule has 0 atom stereocenters. The van der Waals surface area contributed by atoms with Crippen molar-refractivity contribution in [3.63, 3.8) is 0 Å². The largest absolute Gasteiger partial charge is 0.326 e. The van der Waals surface area contributed by atoms with Crippen molar-refractivity contribution >= 4 is 29.3 Å². The van der Waals surface area contributed by atoms with Gasteiger partial charge in [0.25, 0.3) is 5.91 Å². The van der Waals surface area contributed by atoms with E-state index in [0.29, 0.717) is 23.4 Å². The van der Waals surface area contributed by atoms with Crippen molar-refractivity contribution in [3.8, 4) is 0 Å². The van der Waals surface area contributed by atoms with Crippen molar-refractivity contribution < 1.29 is 9.59 Å². The van der Waals surface area contributed by atoms with Crippen molar-refractivity contribution in [1.82, 2.24) is 5.43 Å². The lowest BCUT2D eigenvalue weighted by Crippen LogP contribution is -2.18. The summed E-state index contributed by atoms with van der Waals surface area (Å²) in [5, 5.41) is 6.98. The first-order chi connectivity index (χ1) is 14.6. The van der Waals surface area contributed by atoms with E-state index in [0.717, 1.165) is 18.4 Å². The number of nitrogens with zero attached hydrogens (tertiary/aromatic N) is 1. The zero-order valence-corrected chi connectivity index (χ0v) is 17.9. The standard InChI is InChI=1S/C25H31N3O2/c1-3-4-5-6-10-13-24(29)26-23-18-16-22(17-19-23)25(30)28-27-20(2)14-15-21-11-8-7-9-12-21/h7-9,11-12,14-19H,3-6,10,13H2,1-2H3,(H,26,29)(H,28,30)/b15-14+,27-20+. The SMILES string of the molecule is CCCCCCCC(=O)Nc1ccc(C(=O)N/N=C(C)/C=C/c2ccccc2)cc1. The van der Waals surface area contributed by atoms with Crippen LogP contribution in [0.5, 0.6) is 0 Å². The molecule has 0 spiro atoms. The summed E-state index contributed by atoms with van der Waals surface area (Å²) in [6.07, 6.45) is 9.89. The van der Waals surface area contributed by atoms with Crippen molar-refractivity contribution in [2.24, 2.45) is 5.10 Å². The van der Waals surface area contributed by atoms with Crippen LogP contribution in [-0.2, 0) is 4.79 Å². The van der Waals surface area contributed by atoms with Gasteiger partial charge in [-0.15, -0.1) is 0 Å². The molecule has 0 unspecified atom stereocenters. The van der Waals surface area contributed by atoms with E-state index in [1.807, 2.05) is 49.4 Å². The Kier molecular flexibility index (Phi) is 10.1. The number of benzene rings is 2. The molecule has 2 amide bonds. The second-order valence-electron chi connectivity index (χ2n) is 7.23. The molecule has 2 rings (SSSR count). The van der Waals surface area contributed by atoms with Gasteiger partial charge < -0.3 is 5.32 Å². The van der Waals surface area contributed by atoms with Crippen LogP contribution in [0.2, 0.25) is 0 Å². The molecule has 0 aromatic heterocycles. The predicted octanol–water partition coefficient (Wildman–Crippen LogP) is 5.80. The Bertz CT molecular complexity index is 856. The molecule has 0 saturated carbocycles. The van der Waals surface area contributed by atoms with E-state index >= 15 is 0 Å². The smallest absolute Gasteiger partial charge is 0.271 e. The Morgan fingerprint density at radius 3 is 2.33 bits per heavy atom. The monoisotopic (exact) mass is 405 g/mol. The fourth-order valence-electron chi connectivity index (χ4n) is 2.84. The third-order valence-corrected chi connectivity index (χ3v) is 4.59. The van der Waals surface area contributed by atoms with Gasteiger partial charge in [-0.2, -0.15) is 5.10 Å². The van der Waals surface area contributed by atoms with Crippen LogP contribution in [0.3, 0.4) is 0 Å². The molecule has 0 fully saturated rings. The van der Waals surface area contributed by atoms with Crippen molar-refractivity contribution in [2.45, 2.75) is 52.4 Å². The van der Waals surface area contributed by atoms with Gasteiger partial charge in [0.2, 0.25) is 5.91 Å². The van der Waals surface area contributed by atoms with Crippen LogP contribution >= 0.6 is 0 Å². The van der Waals surface area contributed by atoms with Crippen LogP contribution in [0.25, 0.3) is 6.08 Å². The molecule has 2 N–H and O–H groups in total. The normalized spacial score (nSPS) is 11.5. The Balaban J connectivity index is 1.78. The minimum Gasteiger partial charge on any atom is -0.326 e. The van der Waals surface area contributed by atoms with E-state index < -0.39 is 0 Å². The molecule has 0 aliphatic carbocycles. The van der Waals surface area contributed by atoms with Gasteiger partial charge in [0.15, 0.2) is 0 Å². The first-order valence-corrected chi connectivity index (χ1v) is 10.6. The number of carbonyl (C=O) groups excluding carboxylic acids is 2. The highest BCUT2D eigenvalue weighted by atomic mass is 16.2. The van der Waals surface area contributed by atoms with Crippen molar-refractivity contribution in [1.29, 1.82) is 0 Å². The van der Waals surface area contributed by atoms with E-state index in [-0.39, 0.29) is 11.8 Å². The third-order valence-electron chi connectivity index (χ3n) is 4.59. The lowest BCUT2D eigenvalue weighted by Gasteiger charge is -2.06. The molecule has 2 aromatic carbocycles. The highest BCUT2D eigenvalue weighted by molar-refractivity contribution is 5.99. The highest BCUT2D eigenvalue weighted by Gasteiger charge is 2.06. The Morgan fingerprint density at radius 1 is 0.933 bits per heavy atom. The van der Waals surface area contributed by atoms with Crippen LogP contribution in [-0.4, -0.2) is 17.5 Å². The van der Waals surface area contributed by atoms with E-state index in [1.54, 1.807) is 24.3 Å². The fourth-order valence-corrected chi connectivity index (χ4v) is 2.84. The van der Waals surface area contributed by atoms with Crippen LogP contribution in [0.15, 0.2) is 65.8 Å². The number of allylic oxidation sites excluding steroid dienone is 1. The molecule has 5 nitrogen and oxygen atoms in total. The van der Waals surface area contributed by atoms with Crippen molar-refractivity contribution in [3.05, 3.63) is 71.8 Å². The zero-order valence-electron chi connectivity index (χ0n) is 17.9. The van der Waals surface area contributed by atoms with Gasteiger partial charge in [0.05, 0.1) is 5.71 Å². The quantitative estimate of drug-likeness (QED) is 0.281. The van der Waals surface area contributed by atoms with Crippen LogP contribution in [0, 0.1) is 0 Å². The molecular weight excluding hydrogens is 374 g/mol. The number of rotatable bonds is 11. The van der Waals surface area contributed by atoms with Gasteiger partial charge in [-0.3, -0.25) is 9.59 Å². The second-order valence-corrected chi connectivity index (χ2v) is 7.23. The number of nitrogens with one attached hydrogen (secondary N) is 2. The maximum atomic E-state index is 12.3. The molecule has 158 valence electrons. The Labute approximate surface area is 179 Å². The summed E-state index contributed by atoms with van der Waals surface area (Å²) in [6, 6.07) is 16.7. The molecule has 0 bridgehead atoms. The van der Waals surface area contributed by atoms with E-state index in [2.05, 4.69) is 22.8 Å². The van der Waals surface area contributed by atoms with E-state index in [4.69, 9.17) is 0 Å². The summed E-state index contributed by atoms with van der Waals surface area (Å²) in [4.78, 5) is 24.2. The summed E-state index contributed by atoms with van der Waals surface area (Å²) in [5.74, 6) is -0.287. The minimum absolute atomic E-state index is 0.00845. The summed E-state index contributed by atoms with van der Waals surface area (Å²) in [6.45, 7) is 3.99. The number of hydrazone groups is 1. The molecule has 0 saturated heterocycles. The Hall–Kier alpha value is -3.21. The lowest BCUT2D eigenvalue weighted by atomic mass is 10.1. The first kappa shape index (κ1) is 23.1. The first-order valence-electron chi connectivity index (χ1n) is 10.6. The van der Waals surface area contributed by atoms with Crippen LogP contribution in [0.1, 0.15) is 68.3 Å². The van der Waals surface area contributed by atoms with Gasteiger partial charge in [0, 0.05) is 17.7 Å². The number of unbranched alkanes of at least 4 members (excludes halogenated alkanes) is 4. The number of hydrogen-bond donors (Lipinski definition) is 2. The summed E-state index contributed by atoms with van der Waals surface area (Å²) >= 11 is 0.